The molecular weight excluding hydrogens is 468 g/mol. The molecule has 1 heterocycles. The first-order chi connectivity index (χ1) is 14.4. The lowest BCUT2D eigenvalue weighted by Crippen LogP contribution is -2.42. The van der Waals surface area contributed by atoms with E-state index in [2.05, 4.69) is 21.2 Å². The summed E-state index contributed by atoms with van der Waals surface area (Å²) in [7, 11) is -3.78. The molecule has 154 valence electrons. The Morgan fingerprint density at radius 2 is 1.70 bits per heavy atom. The lowest BCUT2D eigenvalue weighted by atomic mass is 10.2. The van der Waals surface area contributed by atoms with Gasteiger partial charge in [-0.05, 0) is 71.4 Å². The van der Waals surface area contributed by atoms with Crippen LogP contribution in [0, 0.1) is 0 Å². The molecule has 1 aliphatic rings. The number of rotatable bonds is 4. The molecule has 6 nitrogen and oxygen atoms in total. The SMILES string of the molecule is C[C@@H]1CN(S(=O)(=O)c2ccc(NC(=O)c3ccccc3Br)cc2)c2ccccc2O1. The molecule has 0 spiro atoms. The maximum atomic E-state index is 13.3. The predicted molar refractivity (Wildman–Crippen MR) is 120 cm³/mol. The van der Waals surface area contributed by atoms with Crippen LogP contribution in [0.5, 0.6) is 5.75 Å². The first-order valence-electron chi connectivity index (χ1n) is 9.30. The minimum Gasteiger partial charge on any atom is -0.487 e. The maximum absolute atomic E-state index is 13.3. The Morgan fingerprint density at radius 3 is 2.43 bits per heavy atom. The van der Waals surface area contributed by atoms with Crippen LogP contribution in [0.4, 0.5) is 11.4 Å². The second-order valence-electron chi connectivity index (χ2n) is 6.89. The number of anilines is 2. The predicted octanol–water partition coefficient (Wildman–Crippen LogP) is 4.68. The normalized spacial score (nSPS) is 15.8. The Bertz CT molecular complexity index is 1200. The van der Waals surface area contributed by atoms with E-state index < -0.39 is 10.0 Å². The van der Waals surface area contributed by atoms with Crippen LogP contribution >= 0.6 is 15.9 Å². The molecule has 1 atom stereocenters. The molecule has 0 aliphatic carbocycles. The van der Waals surface area contributed by atoms with Crippen molar-refractivity contribution in [2.24, 2.45) is 0 Å². The number of fused-ring (bicyclic) bond motifs is 1. The Morgan fingerprint density at radius 1 is 1.03 bits per heavy atom. The fourth-order valence-electron chi connectivity index (χ4n) is 3.26. The lowest BCUT2D eigenvalue weighted by molar-refractivity contribution is 0.102. The van der Waals surface area contributed by atoms with Gasteiger partial charge in [-0.2, -0.15) is 0 Å². The number of nitrogens with one attached hydrogen (secondary N) is 1. The highest BCUT2D eigenvalue weighted by Crippen LogP contribution is 2.36. The first-order valence-corrected chi connectivity index (χ1v) is 11.5. The Kier molecular flexibility index (Phi) is 5.53. The number of nitrogens with zero attached hydrogens (tertiary/aromatic N) is 1. The van der Waals surface area contributed by atoms with E-state index in [0.29, 0.717) is 27.2 Å². The Labute approximate surface area is 183 Å². The van der Waals surface area contributed by atoms with Crippen molar-refractivity contribution in [1.29, 1.82) is 0 Å². The quantitative estimate of drug-likeness (QED) is 0.580. The van der Waals surface area contributed by atoms with Crippen LogP contribution in [-0.2, 0) is 10.0 Å². The number of ether oxygens (including phenoxy) is 1. The van der Waals surface area contributed by atoms with Crippen LogP contribution in [0.25, 0.3) is 0 Å². The van der Waals surface area contributed by atoms with Gasteiger partial charge in [0.15, 0.2) is 0 Å². The molecule has 1 amide bonds. The lowest BCUT2D eigenvalue weighted by Gasteiger charge is -2.34. The van der Waals surface area contributed by atoms with Gasteiger partial charge in [0, 0.05) is 10.2 Å². The number of sulfonamides is 1. The third kappa shape index (κ3) is 3.93. The molecule has 0 fully saturated rings. The van der Waals surface area contributed by atoms with Gasteiger partial charge < -0.3 is 10.1 Å². The molecule has 0 bridgehead atoms. The fraction of sp³-hybridized carbons (Fsp3) is 0.136. The van der Waals surface area contributed by atoms with Crippen molar-refractivity contribution < 1.29 is 17.9 Å². The van der Waals surface area contributed by atoms with Gasteiger partial charge in [-0.3, -0.25) is 9.10 Å². The number of amides is 1. The van der Waals surface area contributed by atoms with Crippen molar-refractivity contribution in [2.75, 3.05) is 16.2 Å². The summed E-state index contributed by atoms with van der Waals surface area (Å²) in [5.41, 5.74) is 1.51. The van der Waals surface area contributed by atoms with Gasteiger partial charge in [0.25, 0.3) is 15.9 Å². The first kappa shape index (κ1) is 20.4. The summed E-state index contributed by atoms with van der Waals surface area (Å²) >= 11 is 3.35. The van der Waals surface area contributed by atoms with E-state index in [1.807, 2.05) is 19.1 Å². The minimum absolute atomic E-state index is 0.144. The number of hydrogen-bond acceptors (Lipinski definition) is 4. The van der Waals surface area contributed by atoms with Crippen LogP contribution in [0.15, 0.2) is 82.2 Å². The molecule has 0 saturated heterocycles. The van der Waals surface area contributed by atoms with Crippen LogP contribution < -0.4 is 14.4 Å². The van der Waals surface area contributed by atoms with Gasteiger partial charge in [-0.25, -0.2) is 8.42 Å². The monoisotopic (exact) mass is 486 g/mol. The van der Waals surface area contributed by atoms with Crippen LogP contribution in [0.2, 0.25) is 0 Å². The smallest absolute Gasteiger partial charge is 0.264 e. The van der Waals surface area contributed by atoms with Gasteiger partial charge in [0.1, 0.15) is 11.9 Å². The van der Waals surface area contributed by atoms with E-state index in [0.717, 1.165) is 0 Å². The van der Waals surface area contributed by atoms with Crippen molar-refractivity contribution in [3.63, 3.8) is 0 Å². The largest absolute Gasteiger partial charge is 0.487 e. The third-order valence-electron chi connectivity index (χ3n) is 4.70. The van der Waals surface area contributed by atoms with E-state index in [1.54, 1.807) is 48.5 Å². The number of para-hydroxylation sites is 2. The van der Waals surface area contributed by atoms with Crippen molar-refractivity contribution in [1.82, 2.24) is 0 Å². The van der Waals surface area contributed by atoms with Crippen molar-refractivity contribution in [2.45, 2.75) is 17.9 Å². The number of halogens is 1. The van der Waals surface area contributed by atoms with E-state index in [4.69, 9.17) is 4.74 Å². The Hall–Kier alpha value is -2.84. The molecule has 3 aromatic rings. The highest BCUT2D eigenvalue weighted by Gasteiger charge is 2.32. The summed E-state index contributed by atoms with van der Waals surface area (Å²) in [5.74, 6) is 0.256. The van der Waals surface area contributed by atoms with Crippen LogP contribution in [0.1, 0.15) is 17.3 Å². The number of benzene rings is 3. The summed E-state index contributed by atoms with van der Waals surface area (Å²) in [6.07, 6.45) is -0.266. The average Bonchev–Trinajstić information content (AvgIpc) is 2.73. The maximum Gasteiger partial charge on any atom is 0.264 e. The summed E-state index contributed by atoms with van der Waals surface area (Å²) in [4.78, 5) is 12.6. The molecule has 0 unspecified atom stereocenters. The second kappa shape index (κ2) is 8.12. The summed E-state index contributed by atoms with van der Waals surface area (Å²) in [6.45, 7) is 2.05. The third-order valence-corrected chi connectivity index (χ3v) is 7.19. The zero-order valence-corrected chi connectivity index (χ0v) is 18.5. The molecule has 8 heteroatoms. The van der Waals surface area contributed by atoms with Gasteiger partial charge in [-0.1, -0.05) is 24.3 Å². The highest BCUT2D eigenvalue weighted by molar-refractivity contribution is 9.10. The standard InChI is InChI=1S/C22H19BrN2O4S/c1-15-14-25(20-8-4-5-9-21(20)29-15)30(27,28)17-12-10-16(11-13-17)24-22(26)18-6-2-3-7-19(18)23/h2-13,15H,14H2,1H3,(H,24,26)/t15-/m1/s1. The van der Waals surface area contributed by atoms with E-state index in [1.165, 1.54) is 16.4 Å². The van der Waals surface area contributed by atoms with E-state index >= 15 is 0 Å². The van der Waals surface area contributed by atoms with E-state index in [9.17, 15) is 13.2 Å². The number of carbonyl (C=O) groups excluding carboxylic acids is 1. The Balaban J connectivity index is 1.58. The van der Waals surface area contributed by atoms with Gasteiger partial charge in [0.05, 0.1) is 22.7 Å². The number of carbonyl (C=O) groups is 1. The molecule has 0 radical (unpaired) electrons. The van der Waals surface area contributed by atoms with Crippen LogP contribution in [0.3, 0.4) is 0 Å². The second-order valence-corrected chi connectivity index (χ2v) is 9.61. The zero-order chi connectivity index (χ0) is 21.3. The topological polar surface area (TPSA) is 75.7 Å². The minimum atomic E-state index is -3.78. The van der Waals surface area contributed by atoms with Crippen molar-refractivity contribution in [3.05, 3.63) is 82.8 Å². The average molecular weight is 487 g/mol. The van der Waals surface area contributed by atoms with Crippen molar-refractivity contribution >= 4 is 43.2 Å². The van der Waals surface area contributed by atoms with Crippen LogP contribution in [-0.4, -0.2) is 27.0 Å². The molecule has 1 aliphatic heterocycles. The van der Waals surface area contributed by atoms with Gasteiger partial charge in [0.2, 0.25) is 0 Å². The molecule has 4 rings (SSSR count). The van der Waals surface area contributed by atoms with Gasteiger partial charge in [-0.15, -0.1) is 0 Å². The summed E-state index contributed by atoms with van der Waals surface area (Å²) < 4.78 is 34.3. The van der Waals surface area contributed by atoms with Crippen molar-refractivity contribution in [3.8, 4) is 5.75 Å². The summed E-state index contributed by atoms with van der Waals surface area (Å²) in [6, 6.07) is 20.3. The zero-order valence-electron chi connectivity index (χ0n) is 16.1. The molecule has 0 saturated carbocycles. The highest BCUT2D eigenvalue weighted by atomic mass is 79.9. The molecular formula is C22H19BrN2O4S. The van der Waals surface area contributed by atoms with Gasteiger partial charge >= 0.3 is 0 Å². The summed E-state index contributed by atoms with van der Waals surface area (Å²) in [5, 5.41) is 2.78. The molecule has 3 aromatic carbocycles. The molecule has 0 aromatic heterocycles. The number of hydrogen-bond donors (Lipinski definition) is 1. The fourth-order valence-corrected chi connectivity index (χ4v) is 5.27. The van der Waals surface area contributed by atoms with E-state index in [-0.39, 0.29) is 23.5 Å². The molecule has 30 heavy (non-hydrogen) atoms. The molecule has 1 N–H and O–H groups in total.